The molecule has 1 saturated heterocycles. The summed E-state index contributed by atoms with van der Waals surface area (Å²) < 4.78 is 11.0. The fourth-order valence-electron chi connectivity index (χ4n) is 3.27. The van der Waals surface area contributed by atoms with Crippen molar-refractivity contribution in [2.45, 2.75) is 6.04 Å². The van der Waals surface area contributed by atoms with Gasteiger partial charge < -0.3 is 14.1 Å². The first-order valence-corrected chi connectivity index (χ1v) is 7.86. The standard InChI is InChI=1S/C17H17N3O4/c21-20(22)16-6-5-15(24-16)17(19-7-9-23-10-8-19)13-11-18-14-4-2-1-3-12(13)14/h1-6,11,17-18H,7-10H2. The molecule has 7 heteroatoms. The van der Waals surface area contributed by atoms with Gasteiger partial charge >= 0.3 is 5.88 Å². The number of furan rings is 1. The Balaban J connectivity index is 1.81. The van der Waals surface area contributed by atoms with E-state index in [4.69, 9.17) is 9.15 Å². The SMILES string of the molecule is O=[N+]([O-])c1ccc(C(c2c[nH]c3ccccc23)N2CCOCC2)o1. The predicted octanol–water partition coefficient (Wildman–Crippen LogP) is 3.09. The summed E-state index contributed by atoms with van der Waals surface area (Å²) in [5.74, 6) is 0.344. The molecule has 0 spiro atoms. The Morgan fingerprint density at radius 3 is 2.71 bits per heavy atom. The topological polar surface area (TPSA) is 84.5 Å². The number of H-pyrrole nitrogens is 1. The van der Waals surface area contributed by atoms with E-state index in [-0.39, 0.29) is 11.9 Å². The van der Waals surface area contributed by atoms with Gasteiger partial charge in [-0.1, -0.05) is 18.2 Å². The minimum Gasteiger partial charge on any atom is -0.404 e. The lowest BCUT2D eigenvalue weighted by Gasteiger charge is -2.33. The Labute approximate surface area is 138 Å². The Bertz CT molecular complexity index is 863. The molecule has 1 aliphatic rings. The number of para-hydroxylation sites is 1. The second kappa shape index (κ2) is 6.10. The van der Waals surface area contributed by atoms with Gasteiger partial charge in [0.25, 0.3) is 0 Å². The molecule has 2 aromatic heterocycles. The molecular formula is C17H17N3O4. The third-order valence-electron chi connectivity index (χ3n) is 4.39. The molecule has 1 aromatic carbocycles. The molecule has 3 heterocycles. The van der Waals surface area contributed by atoms with Gasteiger partial charge in [0.1, 0.15) is 10.7 Å². The van der Waals surface area contributed by atoms with Gasteiger partial charge in [0.05, 0.1) is 25.3 Å². The normalized spacial score (nSPS) is 17.2. The van der Waals surface area contributed by atoms with Gasteiger partial charge in [0, 0.05) is 35.8 Å². The van der Waals surface area contributed by atoms with Crippen LogP contribution in [0.5, 0.6) is 0 Å². The van der Waals surface area contributed by atoms with Gasteiger partial charge in [-0.25, -0.2) is 0 Å². The summed E-state index contributed by atoms with van der Waals surface area (Å²) >= 11 is 0. The zero-order valence-electron chi connectivity index (χ0n) is 13.0. The average Bonchev–Trinajstić information content (AvgIpc) is 3.25. The molecule has 3 aromatic rings. The molecule has 0 aliphatic carbocycles. The summed E-state index contributed by atoms with van der Waals surface area (Å²) in [5.41, 5.74) is 2.09. The van der Waals surface area contributed by atoms with Crippen LogP contribution in [-0.4, -0.2) is 41.1 Å². The molecule has 124 valence electrons. The highest BCUT2D eigenvalue weighted by Crippen LogP contribution is 2.36. The van der Waals surface area contributed by atoms with E-state index in [0.717, 1.165) is 29.6 Å². The summed E-state index contributed by atoms with van der Waals surface area (Å²) in [4.78, 5) is 16.0. The molecule has 1 unspecified atom stereocenters. The van der Waals surface area contributed by atoms with Crippen LogP contribution in [0.1, 0.15) is 17.4 Å². The number of nitrogens with zero attached hydrogens (tertiary/aromatic N) is 2. The van der Waals surface area contributed by atoms with Crippen molar-refractivity contribution < 1.29 is 14.1 Å². The maximum absolute atomic E-state index is 11.0. The molecule has 0 amide bonds. The number of benzene rings is 1. The summed E-state index contributed by atoms with van der Waals surface area (Å²) in [6, 6.07) is 11.0. The largest absolute Gasteiger partial charge is 0.433 e. The molecule has 1 fully saturated rings. The first kappa shape index (κ1) is 14.9. The monoisotopic (exact) mass is 327 g/mol. The van der Waals surface area contributed by atoms with Gasteiger partial charge in [-0.05, 0) is 12.1 Å². The molecule has 0 saturated carbocycles. The Kier molecular flexibility index (Phi) is 3.79. The van der Waals surface area contributed by atoms with Crippen molar-refractivity contribution in [2.75, 3.05) is 26.3 Å². The van der Waals surface area contributed by atoms with Crippen LogP contribution in [0.2, 0.25) is 0 Å². The second-order valence-electron chi connectivity index (χ2n) is 5.77. The molecule has 0 radical (unpaired) electrons. The van der Waals surface area contributed by atoms with Crippen molar-refractivity contribution in [3.63, 3.8) is 0 Å². The number of hydrogen-bond acceptors (Lipinski definition) is 5. The predicted molar refractivity (Wildman–Crippen MR) is 87.9 cm³/mol. The van der Waals surface area contributed by atoms with Crippen LogP contribution >= 0.6 is 0 Å². The highest BCUT2D eigenvalue weighted by atomic mass is 16.6. The van der Waals surface area contributed by atoms with Crippen molar-refractivity contribution in [2.24, 2.45) is 0 Å². The fraction of sp³-hybridized carbons (Fsp3) is 0.294. The van der Waals surface area contributed by atoms with Crippen LogP contribution < -0.4 is 0 Å². The molecule has 24 heavy (non-hydrogen) atoms. The number of aromatic amines is 1. The van der Waals surface area contributed by atoms with Crippen molar-refractivity contribution >= 4 is 16.8 Å². The van der Waals surface area contributed by atoms with Crippen LogP contribution in [0.4, 0.5) is 5.88 Å². The summed E-state index contributed by atoms with van der Waals surface area (Å²) in [6.45, 7) is 2.78. The van der Waals surface area contributed by atoms with Crippen molar-refractivity contribution in [3.8, 4) is 0 Å². The smallest absolute Gasteiger partial charge is 0.404 e. The third-order valence-corrected chi connectivity index (χ3v) is 4.39. The maximum atomic E-state index is 11.0. The van der Waals surface area contributed by atoms with E-state index in [0.29, 0.717) is 19.0 Å². The number of fused-ring (bicyclic) bond motifs is 1. The van der Waals surface area contributed by atoms with Crippen LogP contribution in [0.15, 0.2) is 47.0 Å². The van der Waals surface area contributed by atoms with Crippen LogP contribution in [0, 0.1) is 10.1 Å². The van der Waals surface area contributed by atoms with Gasteiger partial charge in [-0.3, -0.25) is 15.0 Å². The number of rotatable bonds is 4. The Morgan fingerprint density at radius 1 is 1.17 bits per heavy atom. The number of nitrogens with one attached hydrogen (secondary N) is 1. The van der Waals surface area contributed by atoms with Gasteiger partial charge in [0.2, 0.25) is 0 Å². The first-order valence-electron chi connectivity index (χ1n) is 7.86. The van der Waals surface area contributed by atoms with Gasteiger partial charge in [0.15, 0.2) is 0 Å². The van der Waals surface area contributed by atoms with Crippen LogP contribution in [0.3, 0.4) is 0 Å². The van der Waals surface area contributed by atoms with Gasteiger partial charge in [-0.15, -0.1) is 0 Å². The van der Waals surface area contributed by atoms with E-state index in [1.807, 2.05) is 30.5 Å². The number of ether oxygens (including phenoxy) is 1. The third kappa shape index (κ3) is 2.57. The number of aromatic nitrogens is 1. The van der Waals surface area contributed by atoms with Crippen molar-refractivity contribution in [3.05, 3.63) is 64.0 Å². The number of hydrogen-bond donors (Lipinski definition) is 1. The maximum Gasteiger partial charge on any atom is 0.433 e. The summed E-state index contributed by atoms with van der Waals surface area (Å²) in [6.07, 6.45) is 1.96. The lowest BCUT2D eigenvalue weighted by molar-refractivity contribution is -0.402. The summed E-state index contributed by atoms with van der Waals surface area (Å²) in [5, 5.41) is 12.1. The molecule has 0 bridgehead atoms. The van der Waals surface area contributed by atoms with E-state index >= 15 is 0 Å². The van der Waals surface area contributed by atoms with Crippen molar-refractivity contribution in [1.82, 2.24) is 9.88 Å². The van der Waals surface area contributed by atoms with E-state index < -0.39 is 4.92 Å². The molecule has 4 rings (SSSR count). The molecular weight excluding hydrogens is 310 g/mol. The van der Waals surface area contributed by atoms with Gasteiger partial charge in [-0.2, -0.15) is 0 Å². The first-order chi connectivity index (χ1) is 11.7. The lowest BCUT2D eigenvalue weighted by Crippen LogP contribution is -2.39. The van der Waals surface area contributed by atoms with Crippen LogP contribution in [0.25, 0.3) is 10.9 Å². The zero-order valence-corrected chi connectivity index (χ0v) is 13.0. The highest BCUT2D eigenvalue weighted by molar-refractivity contribution is 5.84. The fourth-order valence-corrected chi connectivity index (χ4v) is 3.27. The molecule has 1 atom stereocenters. The molecule has 1 N–H and O–H groups in total. The Morgan fingerprint density at radius 2 is 1.96 bits per heavy atom. The summed E-state index contributed by atoms with van der Waals surface area (Å²) in [7, 11) is 0. The van der Waals surface area contributed by atoms with E-state index in [9.17, 15) is 10.1 Å². The quantitative estimate of drug-likeness (QED) is 0.588. The Hall–Kier alpha value is -2.64. The van der Waals surface area contributed by atoms with E-state index in [1.165, 1.54) is 6.07 Å². The molecule has 7 nitrogen and oxygen atoms in total. The zero-order chi connectivity index (χ0) is 16.5. The number of nitro groups is 1. The molecule has 1 aliphatic heterocycles. The lowest BCUT2D eigenvalue weighted by atomic mass is 10.0. The minimum atomic E-state index is -0.505. The van der Waals surface area contributed by atoms with E-state index in [2.05, 4.69) is 9.88 Å². The highest BCUT2D eigenvalue weighted by Gasteiger charge is 2.30. The van der Waals surface area contributed by atoms with Crippen molar-refractivity contribution in [1.29, 1.82) is 0 Å². The van der Waals surface area contributed by atoms with E-state index in [1.54, 1.807) is 6.07 Å². The number of morpholine rings is 1. The van der Waals surface area contributed by atoms with Crippen LogP contribution in [-0.2, 0) is 4.74 Å². The average molecular weight is 327 g/mol. The minimum absolute atomic E-state index is 0.182. The second-order valence-corrected chi connectivity index (χ2v) is 5.77.